The summed E-state index contributed by atoms with van der Waals surface area (Å²) in [6, 6.07) is 8.22. The molecule has 0 saturated heterocycles. The van der Waals surface area contributed by atoms with Gasteiger partial charge in [0.2, 0.25) is 0 Å². The Bertz CT molecular complexity index is 1180. The zero-order chi connectivity index (χ0) is 28.1. The van der Waals surface area contributed by atoms with Crippen molar-refractivity contribution >= 4 is 64.9 Å². The summed E-state index contributed by atoms with van der Waals surface area (Å²) in [5.74, 6) is 0.797. The fourth-order valence-corrected chi connectivity index (χ4v) is 5.24. The zero-order valence-corrected chi connectivity index (χ0v) is 28.0. The van der Waals surface area contributed by atoms with Gasteiger partial charge in [-0.1, -0.05) is 32.4 Å². The van der Waals surface area contributed by atoms with Gasteiger partial charge >= 0.3 is 22.4 Å². The van der Waals surface area contributed by atoms with Gasteiger partial charge < -0.3 is 25.6 Å². The number of hydrogen-bond acceptors (Lipinski definition) is 6. The molecule has 218 valence electrons. The maximum atomic E-state index is 13.5. The smallest absolute Gasteiger partial charge is 0.492 e. The largest absolute Gasteiger partial charge is 1.00 e. The van der Waals surface area contributed by atoms with E-state index in [2.05, 4.69) is 46.7 Å². The first-order valence-electron chi connectivity index (χ1n) is 12.8. The summed E-state index contributed by atoms with van der Waals surface area (Å²) >= 11 is 11.1. The summed E-state index contributed by atoms with van der Waals surface area (Å²) in [6.45, 7) is 10.7. The Kier molecular flexibility index (Phi) is 16.8. The summed E-state index contributed by atoms with van der Waals surface area (Å²) < 4.78 is 19.3. The number of rotatable bonds is 11. The van der Waals surface area contributed by atoms with Gasteiger partial charge in [0, 0.05) is 44.3 Å². The first-order valence-corrected chi connectivity index (χ1v) is 15.5. The molecule has 0 spiro atoms. The molecule has 3 aromatic rings. The van der Waals surface area contributed by atoms with Crippen molar-refractivity contribution in [2.75, 3.05) is 62.9 Å². The van der Waals surface area contributed by atoms with Crippen LogP contribution >= 0.6 is 31.7 Å². The fourth-order valence-electron chi connectivity index (χ4n) is 3.63. The van der Waals surface area contributed by atoms with Gasteiger partial charge in [-0.15, -0.1) is 7.92 Å². The van der Waals surface area contributed by atoms with Crippen LogP contribution in [0.3, 0.4) is 0 Å². The molecule has 39 heavy (non-hydrogen) atoms. The van der Waals surface area contributed by atoms with E-state index >= 15 is 0 Å². The van der Waals surface area contributed by atoms with E-state index in [9.17, 15) is 4.39 Å². The standard InChI is InChI=1S/C21H24ClFN6OS.C6H15P.Au/c1-4-30-19-11-17-14(10-18(19)25-7-8-29(3)21(31)24-2)20(27-12-26-17)28-13-5-6-16(23)15(22)9-13;1-4-7(5-2)6-3;/h5-6,9-12,25H,4,7-8H2,1-3H3,(H,24,31)(H,26,27,28);4-6H2,1-3H3;/q;;+1. The third kappa shape index (κ3) is 11.0. The van der Waals surface area contributed by atoms with Crippen LogP contribution in [0.1, 0.15) is 27.7 Å². The van der Waals surface area contributed by atoms with E-state index in [0.717, 1.165) is 11.1 Å². The maximum absolute atomic E-state index is 13.5. The number of anilines is 3. The van der Waals surface area contributed by atoms with Crippen molar-refractivity contribution in [1.29, 1.82) is 0 Å². The molecule has 0 atom stereocenters. The Morgan fingerprint density at radius 1 is 1.10 bits per heavy atom. The molecule has 1 aromatic heterocycles. The Labute approximate surface area is 259 Å². The second-order valence-corrected chi connectivity index (χ2v) is 12.3. The molecule has 0 fully saturated rings. The predicted octanol–water partition coefficient (Wildman–Crippen LogP) is 6.94. The van der Waals surface area contributed by atoms with E-state index in [4.69, 9.17) is 28.6 Å². The monoisotopic (exact) mass is 777 g/mol. The molecule has 2 aromatic carbocycles. The van der Waals surface area contributed by atoms with Crippen molar-refractivity contribution in [3.63, 3.8) is 0 Å². The van der Waals surface area contributed by atoms with Crippen LogP contribution in [0, 0.1) is 5.82 Å². The number of nitrogens with zero attached hydrogens (tertiary/aromatic N) is 3. The third-order valence-corrected chi connectivity index (χ3v) is 9.37. The van der Waals surface area contributed by atoms with Gasteiger partial charge in [-0.25, -0.2) is 14.4 Å². The fraction of sp³-hybridized carbons (Fsp3) is 0.444. The van der Waals surface area contributed by atoms with Crippen LogP contribution in [-0.2, 0) is 22.4 Å². The van der Waals surface area contributed by atoms with Crippen molar-refractivity contribution in [2.24, 2.45) is 0 Å². The molecule has 7 nitrogen and oxygen atoms in total. The van der Waals surface area contributed by atoms with Crippen molar-refractivity contribution in [1.82, 2.24) is 20.2 Å². The zero-order valence-electron chi connectivity index (χ0n) is 23.4. The molecule has 0 saturated carbocycles. The van der Waals surface area contributed by atoms with E-state index in [1.807, 2.05) is 31.0 Å². The SMILES string of the molecule is CCOc1cc2ncnc(Nc3ccc(F)c(Cl)c3)c2cc1NCCN(C)C(=S)NC.CCP(CC)CC.[Au+]. The Morgan fingerprint density at radius 2 is 1.79 bits per heavy atom. The molecule has 12 heteroatoms. The molecule has 0 bridgehead atoms. The van der Waals surface area contributed by atoms with Crippen LogP contribution in [-0.4, -0.2) is 72.3 Å². The molecule has 0 aliphatic carbocycles. The minimum absolute atomic E-state index is 0. The molecular formula is C27H39AuClFN6OPS+. The molecule has 0 radical (unpaired) electrons. The first-order chi connectivity index (χ1) is 18.3. The van der Waals surface area contributed by atoms with E-state index in [1.165, 1.54) is 36.9 Å². The number of thiocarbonyl (C=S) groups is 1. The van der Waals surface area contributed by atoms with Crippen LogP contribution < -0.4 is 20.7 Å². The number of ether oxygens (including phenoxy) is 1. The second-order valence-electron chi connectivity index (χ2n) is 8.30. The number of benzene rings is 2. The Morgan fingerprint density at radius 3 is 2.36 bits per heavy atom. The summed E-state index contributed by atoms with van der Waals surface area (Å²) in [7, 11) is 4.17. The van der Waals surface area contributed by atoms with Crippen LogP contribution in [0.4, 0.5) is 21.6 Å². The van der Waals surface area contributed by atoms with Gasteiger partial charge in [0.25, 0.3) is 0 Å². The third-order valence-electron chi connectivity index (χ3n) is 5.88. The van der Waals surface area contributed by atoms with Crippen LogP contribution in [0.25, 0.3) is 10.9 Å². The number of fused-ring (bicyclic) bond motifs is 1. The molecule has 0 aliphatic rings. The van der Waals surface area contributed by atoms with Gasteiger partial charge in [0.15, 0.2) is 5.11 Å². The van der Waals surface area contributed by atoms with Gasteiger partial charge in [0.05, 0.1) is 22.8 Å². The number of halogens is 2. The summed E-state index contributed by atoms with van der Waals surface area (Å²) in [4.78, 5) is 10.7. The van der Waals surface area contributed by atoms with E-state index in [-0.39, 0.29) is 27.4 Å². The van der Waals surface area contributed by atoms with Crippen molar-refractivity contribution in [2.45, 2.75) is 27.7 Å². The molecular weight excluding hydrogens is 739 g/mol. The molecule has 0 aliphatic heterocycles. The Hall–Kier alpha value is -1.74. The van der Waals surface area contributed by atoms with E-state index in [0.29, 0.717) is 55.5 Å². The van der Waals surface area contributed by atoms with Gasteiger partial charge in [-0.3, -0.25) is 0 Å². The van der Waals surface area contributed by atoms with Crippen molar-refractivity contribution in [3.8, 4) is 5.75 Å². The van der Waals surface area contributed by atoms with E-state index < -0.39 is 5.82 Å². The van der Waals surface area contributed by atoms with E-state index in [1.54, 1.807) is 13.1 Å². The first kappa shape index (κ1) is 35.3. The number of nitrogens with one attached hydrogen (secondary N) is 3. The minimum atomic E-state index is -0.477. The topological polar surface area (TPSA) is 74.3 Å². The van der Waals surface area contributed by atoms with Crippen LogP contribution in [0.2, 0.25) is 5.02 Å². The molecule has 0 unspecified atom stereocenters. The molecule has 3 N–H and O–H groups in total. The van der Waals surface area contributed by atoms with Gasteiger partial charge in [-0.05, 0) is 61.9 Å². The maximum Gasteiger partial charge on any atom is 1.00 e. The summed E-state index contributed by atoms with van der Waals surface area (Å²) in [5, 5.41) is 11.0. The normalized spacial score (nSPS) is 10.3. The molecule has 3 rings (SSSR count). The quantitative estimate of drug-likeness (QED) is 0.110. The van der Waals surface area contributed by atoms with Gasteiger partial charge in [-0.2, -0.15) is 0 Å². The average Bonchev–Trinajstić information content (AvgIpc) is 2.92. The minimum Gasteiger partial charge on any atom is -0.492 e. The number of hydrogen-bond donors (Lipinski definition) is 3. The van der Waals surface area contributed by atoms with Crippen molar-refractivity contribution in [3.05, 3.63) is 47.5 Å². The second kappa shape index (κ2) is 18.6. The van der Waals surface area contributed by atoms with Crippen LogP contribution in [0.15, 0.2) is 36.7 Å². The summed E-state index contributed by atoms with van der Waals surface area (Å²) in [5.41, 5.74) is 2.15. The summed E-state index contributed by atoms with van der Waals surface area (Å²) in [6.07, 6.45) is 5.72. The van der Waals surface area contributed by atoms with Crippen LogP contribution in [0.5, 0.6) is 5.75 Å². The van der Waals surface area contributed by atoms with Crippen molar-refractivity contribution < 1.29 is 31.5 Å². The molecule has 1 heterocycles. The Balaban J connectivity index is 0.000000841. The average molecular weight is 778 g/mol. The molecule has 0 amide bonds. The predicted molar refractivity (Wildman–Crippen MR) is 167 cm³/mol. The number of aromatic nitrogens is 2. The number of likely N-dealkylation sites (N-methyl/N-ethyl adjacent to an activating group) is 1. The van der Waals surface area contributed by atoms with Gasteiger partial charge in [0.1, 0.15) is 23.7 Å².